The molecule has 3 N–H and O–H groups in total. The maximum atomic E-state index is 12.1. The molecule has 0 bridgehead atoms. The van der Waals surface area contributed by atoms with Crippen molar-refractivity contribution in [3.05, 3.63) is 28.8 Å². The zero-order chi connectivity index (χ0) is 16.2. The second kappa shape index (κ2) is 7.02. The third-order valence-corrected chi connectivity index (χ3v) is 4.23. The molecule has 0 radical (unpaired) electrons. The molecule has 1 amide bonds. The van der Waals surface area contributed by atoms with E-state index in [0.717, 1.165) is 0 Å². The van der Waals surface area contributed by atoms with E-state index in [1.165, 1.54) is 6.07 Å². The Morgan fingerprint density at radius 2 is 2.00 bits per heavy atom. The van der Waals surface area contributed by atoms with Gasteiger partial charge in [-0.1, -0.05) is 0 Å². The Kier molecular flexibility index (Phi) is 5.88. The maximum absolute atomic E-state index is 12.1. The first kappa shape index (κ1) is 17.6. The number of ether oxygens (including phenoxy) is 1. The van der Waals surface area contributed by atoms with E-state index in [1.807, 2.05) is 13.8 Å². The molecule has 0 saturated heterocycles. The molecule has 1 unspecified atom stereocenters. The maximum Gasteiger partial charge on any atom is 0.251 e. The number of benzene rings is 1. The van der Waals surface area contributed by atoms with Crippen LogP contribution in [-0.2, 0) is 14.8 Å². The average Bonchev–Trinajstić information content (AvgIpc) is 2.38. The number of sulfonamides is 1. The Labute approximate surface area is 125 Å². The van der Waals surface area contributed by atoms with Gasteiger partial charge in [0.15, 0.2) is 0 Å². The van der Waals surface area contributed by atoms with Gasteiger partial charge in [0.25, 0.3) is 5.91 Å². The third kappa shape index (κ3) is 4.80. The molecule has 21 heavy (non-hydrogen) atoms. The van der Waals surface area contributed by atoms with Crippen LogP contribution in [0, 0.1) is 13.8 Å². The predicted molar refractivity (Wildman–Crippen MR) is 80.7 cm³/mol. The van der Waals surface area contributed by atoms with E-state index in [0.29, 0.717) is 24.3 Å². The molecular weight excluding hydrogens is 292 g/mol. The van der Waals surface area contributed by atoms with Gasteiger partial charge < -0.3 is 10.1 Å². The number of nitrogens with two attached hydrogens (primary N) is 1. The van der Waals surface area contributed by atoms with Gasteiger partial charge in [-0.25, -0.2) is 13.6 Å². The summed E-state index contributed by atoms with van der Waals surface area (Å²) < 4.78 is 28.4. The van der Waals surface area contributed by atoms with Gasteiger partial charge in [-0.05, 0) is 51.0 Å². The quantitative estimate of drug-likeness (QED) is 0.821. The van der Waals surface area contributed by atoms with Crippen molar-refractivity contribution in [3.63, 3.8) is 0 Å². The van der Waals surface area contributed by atoms with Crippen LogP contribution in [0.5, 0.6) is 0 Å². The topological polar surface area (TPSA) is 98.5 Å². The molecule has 1 aromatic rings. The predicted octanol–water partition coefficient (Wildman–Crippen LogP) is 1.11. The minimum Gasteiger partial charge on any atom is -0.377 e. The summed E-state index contributed by atoms with van der Waals surface area (Å²) in [5.41, 5.74) is 1.52. The zero-order valence-electron chi connectivity index (χ0n) is 12.8. The lowest BCUT2D eigenvalue weighted by molar-refractivity contribution is 0.0695. The first-order valence-corrected chi connectivity index (χ1v) is 8.25. The van der Waals surface area contributed by atoms with Gasteiger partial charge >= 0.3 is 0 Å². The van der Waals surface area contributed by atoms with Crippen LogP contribution in [0.1, 0.15) is 35.3 Å². The lowest BCUT2D eigenvalue weighted by Crippen LogP contribution is -2.32. The zero-order valence-corrected chi connectivity index (χ0v) is 13.6. The van der Waals surface area contributed by atoms with Crippen LogP contribution in [-0.4, -0.2) is 33.6 Å². The lowest BCUT2D eigenvalue weighted by Gasteiger charge is -2.14. The minimum absolute atomic E-state index is 0.0227. The molecule has 0 fully saturated rings. The van der Waals surface area contributed by atoms with Crippen molar-refractivity contribution in [2.75, 3.05) is 13.2 Å². The third-order valence-electron chi connectivity index (χ3n) is 3.19. The Hall–Kier alpha value is -1.44. The molecule has 0 aliphatic rings. The summed E-state index contributed by atoms with van der Waals surface area (Å²) in [7, 11) is -3.86. The number of rotatable bonds is 6. The number of primary sulfonamides is 1. The highest BCUT2D eigenvalue weighted by atomic mass is 32.2. The van der Waals surface area contributed by atoms with Crippen LogP contribution in [0.25, 0.3) is 0 Å². The lowest BCUT2D eigenvalue weighted by atomic mass is 10.1. The normalized spacial score (nSPS) is 13.0. The van der Waals surface area contributed by atoms with Crippen molar-refractivity contribution >= 4 is 15.9 Å². The summed E-state index contributed by atoms with van der Waals surface area (Å²) in [6, 6.07) is 2.95. The van der Waals surface area contributed by atoms with E-state index in [2.05, 4.69) is 5.32 Å². The molecule has 6 nitrogen and oxygen atoms in total. The molecule has 0 aromatic heterocycles. The number of aryl methyl sites for hydroxylation is 1. The highest BCUT2D eigenvalue weighted by Gasteiger charge is 2.17. The Morgan fingerprint density at radius 3 is 2.52 bits per heavy atom. The summed E-state index contributed by atoms with van der Waals surface area (Å²) in [4.78, 5) is 12.1. The molecule has 1 rings (SSSR count). The molecule has 7 heteroatoms. The molecule has 1 atom stereocenters. The molecule has 0 aliphatic carbocycles. The summed E-state index contributed by atoms with van der Waals surface area (Å²) in [5.74, 6) is -0.352. The number of hydrogen-bond acceptors (Lipinski definition) is 4. The van der Waals surface area contributed by atoms with Gasteiger partial charge in [-0.15, -0.1) is 0 Å². The highest BCUT2D eigenvalue weighted by Crippen LogP contribution is 2.20. The van der Waals surface area contributed by atoms with Crippen LogP contribution >= 0.6 is 0 Å². The van der Waals surface area contributed by atoms with E-state index < -0.39 is 10.0 Å². The van der Waals surface area contributed by atoms with E-state index in [1.54, 1.807) is 19.9 Å². The Balaban J connectivity index is 2.99. The molecule has 0 saturated carbocycles. The molecule has 1 aromatic carbocycles. The van der Waals surface area contributed by atoms with Crippen molar-refractivity contribution in [2.45, 2.75) is 38.7 Å². The summed E-state index contributed by atoms with van der Waals surface area (Å²) in [6.45, 7) is 8.04. The Morgan fingerprint density at radius 1 is 1.38 bits per heavy atom. The van der Waals surface area contributed by atoms with E-state index in [4.69, 9.17) is 9.88 Å². The largest absolute Gasteiger partial charge is 0.377 e. The number of carbonyl (C=O) groups is 1. The molecular formula is C14H22N2O4S. The van der Waals surface area contributed by atoms with Gasteiger partial charge in [0.05, 0.1) is 11.0 Å². The van der Waals surface area contributed by atoms with Crippen molar-refractivity contribution < 1.29 is 17.9 Å². The summed E-state index contributed by atoms with van der Waals surface area (Å²) >= 11 is 0. The highest BCUT2D eigenvalue weighted by molar-refractivity contribution is 7.89. The number of carbonyl (C=O) groups excluding carboxylic acids is 1. The standard InChI is InChI=1S/C14H22N2O4S/c1-5-20-10(3)8-16-14(17)12-6-9(2)11(4)13(7-12)21(15,18)19/h6-7,10H,5,8H2,1-4H3,(H,16,17)(H2,15,18,19). The number of amides is 1. The fraction of sp³-hybridized carbons (Fsp3) is 0.500. The van der Waals surface area contributed by atoms with Gasteiger partial charge in [0.1, 0.15) is 0 Å². The van der Waals surface area contributed by atoms with Gasteiger partial charge in [-0.2, -0.15) is 0 Å². The first-order chi connectivity index (χ1) is 9.66. The van der Waals surface area contributed by atoms with Crippen LogP contribution in [0.15, 0.2) is 17.0 Å². The first-order valence-electron chi connectivity index (χ1n) is 6.70. The SMILES string of the molecule is CCOC(C)CNC(=O)c1cc(C)c(C)c(S(N)(=O)=O)c1. The number of hydrogen-bond donors (Lipinski definition) is 2. The smallest absolute Gasteiger partial charge is 0.251 e. The van der Waals surface area contributed by atoms with Gasteiger partial charge in [0.2, 0.25) is 10.0 Å². The minimum atomic E-state index is -3.86. The average molecular weight is 314 g/mol. The monoisotopic (exact) mass is 314 g/mol. The van der Waals surface area contributed by atoms with Crippen LogP contribution in [0.2, 0.25) is 0 Å². The molecule has 0 spiro atoms. The summed E-state index contributed by atoms with van der Waals surface area (Å²) in [5, 5.41) is 7.89. The van der Waals surface area contributed by atoms with E-state index >= 15 is 0 Å². The fourth-order valence-electron chi connectivity index (χ4n) is 1.94. The van der Waals surface area contributed by atoms with Crippen LogP contribution < -0.4 is 10.5 Å². The van der Waals surface area contributed by atoms with Crippen molar-refractivity contribution in [2.24, 2.45) is 5.14 Å². The van der Waals surface area contributed by atoms with Gasteiger partial charge in [-0.3, -0.25) is 4.79 Å². The van der Waals surface area contributed by atoms with Crippen molar-refractivity contribution in [1.82, 2.24) is 5.32 Å². The van der Waals surface area contributed by atoms with Crippen LogP contribution in [0.3, 0.4) is 0 Å². The van der Waals surface area contributed by atoms with Crippen molar-refractivity contribution in [1.29, 1.82) is 0 Å². The Bertz CT molecular complexity index is 626. The van der Waals surface area contributed by atoms with Crippen LogP contribution in [0.4, 0.5) is 0 Å². The number of nitrogens with one attached hydrogen (secondary N) is 1. The second-order valence-electron chi connectivity index (χ2n) is 4.94. The molecule has 118 valence electrons. The summed E-state index contributed by atoms with van der Waals surface area (Å²) in [6.07, 6.45) is -0.108. The van der Waals surface area contributed by atoms with E-state index in [-0.39, 0.29) is 22.5 Å². The van der Waals surface area contributed by atoms with Crippen molar-refractivity contribution in [3.8, 4) is 0 Å². The molecule has 0 heterocycles. The van der Waals surface area contributed by atoms with E-state index in [9.17, 15) is 13.2 Å². The van der Waals surface area contributed by atoms with Gasteiger partial charge in [0, 0.05) is 18.7 Å². The molecule has 0 aliphatic heterocycles. The fourth-order valence-corrected chi connectivity index (χ4v) is 2.81. The second-order valence-corrected chi connectivity index (χ2v) is 6.47.